The molecule has 0 radical (unpaired) electrons. The van der Waals surface area contributed by atoms with E-state index in [0.29, 0.717) is 24.9 Å². The topological polar surface area (TPSA) is 104 Å². The maximum absolute atomic E-state index is 12.7. The number of carbonyl (C=O) groups excluding carboxylic acids is 2. The fourth-order valence-corrected chi connectivity index (χ4v) is 4.32. The molecule has 0 bridgehead atoms. The second-order valence-corrected chi connectivity index (χ2v) is 8.73. The molecule has 0 aliphatic carbocycles. The summed E-state index contributed by atoms with van der Waals surface area (Å²) in [5, 5.41) is 11.8. The number of sulfonamides is 1. The first kappa shape index (κ1) is 20.5. The predicted molar refractivity (Wildman–Crippen MR) is 97.2 cm³/mol. The third-order valence-electron chi connectivity index (χ3n) is 4.66. The van der Waals surface area contributed by atoms with E-state index in [1.807, 2.05) is 6.92 Å². The summed E-state index contributed by atoms with van der Waals surface area (Å²) in [6, 6.07) is 5.91. The van der Waals surface area contributed by atoms with Gasteiger partial charge in [-0.1, -0.05) is 19.1 Å². The van der Waals surface area contributed by atoms with Crippen LogP contribution in [0.15, 0.2) is 29.2 Å². The summed E-state index contributed by atoms with van der Waals surface area (Å²) in [7, 11) is -3.63. The highest BCUT2D eigenvalue weighted by atomic mass is 32.2. The van der Waals surface area contributed by atoms with Crippen LogP contribution in [0.5, 0.6) is 0 Å². The van der Waals surface area contributed by atoms with Crippen LogP contribution >= 0.6 is 0 Å². The average molecular weight is 382 g/mol. The average Bonchev–Trinajstić information content (AvgIpc) is 2.65. The molecule has 7 nitrogen and oxygen atoms in total. The van der Waals surface area contributed by atoms with Crippen molar-refractivity contribution in [3.05, 3.63) is 29.8 Å². The molecule has 1 saturated heterocycles. The molecule has 8 heteroatoms. The van der Waals surface area contributed by atoms with Crippen LogP contribution in [0.4, 0.5) is 0 Å². The summed E-state index contributed by atoms with van der Waals surface area (Å²) < 4.78 is 26.8. The minimum absolute atomic E-state index is 0.00242. The van der Waals surface area contributed by atoms with Crippen molar-refractivity contribution < 1.29 is 23.1 Å². The Morgan fingerprint density at radius 1 is 1.23 bits per heavy atom. The molecule has 1 aromatic carbocycles. The molecule has 1 aliphatic heterocycles. The minimum atomic E-state index is -3.63. The molecule has 0 saturated carbocycles. The molecule has 1 fully saturated rings. The van der Waals surface area contributed by atoms with Gasteiger partial charge in [0.2, 0.25) is 15.9 Å². The SMILES string of the molecule is CC(=O)c1ccc(S(=O)(=O)N2CCC(C(=O)NC[C@H](C)CO)CC2)cc1. The van der Waals surface area contributed by atoms with Crippen LogP contribution in [0, 0.1) is 11.8 Å². The largest absolute Gasteiger partial charge is 0.396 e. The number of nitrogens with zero attached hydrogens (tertiary/aromatic N) is 1. The second-order valence-electron chi connectivity index (χ2n) is 6.79. The lowest BCUT2D eigenvalue weighted by Gasteiger charge is -2.30. The highest BCUT2D eigenvalue weighted by Gasteiger charge is 2.32. The van der Waals surface area contributed by atoms with Gasteiger partial charge in [0.1, 0.15) is 0 Å². The van der Waals surface area contributed by atoms with Crippen LogP contribution < -0.4 is 5.32 Å². The van der Waals surface area contributed by atoms with Gasteiger partial charge in [-0.3, -0.25) is 9.59 Å². The van der Waals surface area contributed by atoms with Gasteiger partial charge < -0.3 is 10.4 Å². The number of Topliss-reactive ketones (excluding diaryl/α,β-unsaturated/α-hetero) is 1. The van der Waals surface area contributed by atoms with Crippen LogP contribution in [-0.4, -0.2) is 55.8 Å². The Hall–Kier alpha value is -1.77. The van der Waals surface area contributed by atoms with Crippen molar-refractivity contribution in [1.82, 2.24) is 9.62 Å². The fourth-order valence-electron chi connectivity index (χ4n) is 2.85. The molecule has 1 heterocycles. The Morgan fingerprint density at radius 3 is 2.31 bits per heavy atom. The Morgan fingerprint density at radius 2 is 1.81 bits per heavy atom. The molecular formula is C18H26N2O5S. The third kappa shape index (κ3) is 4.90. The first-order chi connectivity index (χ1) is 12.3. The van der Waals surface area contributed by atoms with E-state index < -0.39 is 10.0 Å². The lowest BCUT2D eigenvalue weighted by Crippen LogP contribution is -2.43. The Kier molecular flexibility index (Phi) is 6.91. The maximum Gasteiger partial charge on any atom is 0.243 e. The molecule has 2 N–H and O–H groups in total. The van der Waals surface area contributed by atoms with Crippen molar-refractivity contribution in [2.45, 2.75) is 31.6 Å². The smallest absolute Gasteiger partial charge is 0.243 e. The minimum Gasteiger partial charge on any atom is -0.396 e. The number of ketones is 1. The van der Waals surface area contributed by atoms with E-state index in [-0.39, 0.29) is 48.1 Å². The molecular weight excluding hydrogens is 356 g/mol. The Bertz CT molecular complexity index is 737. The van der Waals surface area contributed by atoms with Gasteiger partial charge >= 0.3 is 0 Å². The van der Waals surface area contributed by atoms with Gasteiger partial charge in [0.15, 0.2) is 5.78 Å². The number of rotatable bonds is 7. The molecule has 144 valence electrons. The van der Waals surface area contributed by atoms with Gasteiger partial charge in [0.05, 0.1) is 4.90 Å². The fraction of sp³-hybridized carbons (Fsp3) is 0.556. The van der Waals surface area contributed by atoms with E-state index in [1.54, 1.807) is 0 Å². The number of aliphatic hydroxyl groups is 1. The highest BCUT2D eigenvalue weighted by Crippen LogP contribution is 2.24. The molecule has 1 amide bonds. The Labute approximate surface area is 154 Å². The second kappa shape index (κ2) is 8.75. The van der Waals surface area contributed by atoms with Gasteiger partial charge in [-0.15, -0.1) is 0 Å². The van der Waals surface area contributed by atoms with Crippen molar-refractivity contribution in [2.24, 2.45) is 11.8 Å². The third-order valence-corrected chi connectivity index (χ3v) is 6.57. The molecule has 26 heavy (non-hydrogen) atoms. The summed E-state index contributed by atoms with van der Waals surface area (Å²) >= 11 is 0. The zero-order chi connectivity index (χ0) is 19.3. The number of benzene rings is 1. The van der Waals surface area contributed by atoms with Crippen molar-refractivity contribution in [3.63, 3.8) is 0 Å². The number of hydrogen-bond acceptors (Lipinski definition) is 5. The first-order valence-corrected chi connectivity index (χ1v) is 10.2. The van der Waals surface area contributed by atoms with Gasteiger partial charge in [0.25, 0.3) is 0 Å². The van der Waals surface area contributed by atoms with Gasteiger partial charge in [0, 0.05) is 37.7 Å². The quantitative estimate of drug-likeness (QED) is 0.686. The van der Waals surface area contributed by atoms with E-state index in [0.717, 1.165) is 0 Å². The van der Waals surface area contributed by atoms with E-state index in [4.69, 9.17) is 5.11 Å². The van der Waals surface area contributed by atoms with Crippen LogP contribution in [0.3, 0.4) is 0 Å². The summed E-state index contributed by atoms with van der Waals surface area (Å²) in [6.45, 7) is 4.26. The zero-order valence-electron chi connectivity index (χ0n) is 15.1. The van der Waals surface area contributed by atoms with Gasteiger partial charge in [-0.25, -0.2) is 8.42 Å². The number of nitrogens with one attached hydrogen (secondary N) is 1. The highest BCUT2D eigenvalue weighted by molar-refractivity contribution is 7.89. The van der Waals surface area contributed by atoms with Crippen molar-refractivity contribution >= 4 is 21.7 Å². The maximum atomic E-state index is 12.7. The molecule has 1 aromatic rings. The normalized spacial score (nSPS) is 17.7. The van der Waals surface area contributed by atoms with E-state index in [9.17, 15) is 18.0 Å². The van der Waals surface area contributed by atoms with Crippen LogP contribution in [0.1, 0.15) is 37.0 Å². The molecule has 0 aromatic heterocycles. The number of hydrogen-bond donors (Lipinski definition) is 2. The summed E-state index contributed by atoms with van der Waals surface area (Å²) in [5.74, 6) is -0.422. The molecule has 2 rings (SSSR count). The van der Waals surface area contributed by atoms with Gasteiger partial charge in [-0.2, -0.15) is 4.31 Å². The summed E-state index contributed by atoms with van der Waals surface area (Å²) in [5.41, 5.74) is 0.469. The predicted octanol–water partition coefficient (Wildman–Crippen LogP) is 1.03. The van der Waals surface area contributed by atoms with E-state index in [1.165, 1.54) is 35.5 Å². The monoisotopic (exact) mass is 382 g/mol. The van der Waals surface area contributed by atoms with Gasteiger partial charge in [-0.05, 0) is 37.8 Å². The van der Waals surface area contributed by atoms with Crippen molar-refractivity contribution in [2.75, 3.05) is 26.2 Å². The molecule has 0 unspecified atom stereocenters. The van der Waals surface area contributed by atoms with Crippen LogP contribution in [0.2, 0.25) is 0 Å². The lowest BCUT2D eigenvalue weighted by atomic mass is 9.97. The molecule has 1 aliphatic rings. The van der Waals surface area contributed by atoms with Crippen molar-refractivity contribution in [1.29, 1.82) is 0 Å². The summed E-state index contributed by atoms with van der Waals surface area (Å²) in [6.07, 6.45) is 0.925. The zero-order valence-corrected chi connectivity index (χ0v) is 16.0. The van der Waals surface area contributed by atoms with E-state index >= 15 is 0 Å². The number of carbonyl (C=O) groups is 2. The standard InChI is InChI=1S/C18H26N2O5S/c1-13(12-21)11-19-18(23)16-7-9-20(10-8-16)26(24,25)17-5-3-15(4-6-17)14(2)22/h3-6,13,16,21H,7-12H2,1-2H3,(H,19,23)/t13-/m0/s1. The van der Waals surface area contributed by atoms with Crippen LogP contribution in [-0.2, 0) is 14.8 Å². The first-order valence-electron chi connectivity index (χ1n) is 8.75. The Balaban J connectivity index is 1.95. The lowest BCUT2D eigenvalue weighted by molar-refractivity contribution is -0.126. The van der Waals surface area contributed by atoms with Crippen molar-refractivity contribution in [3.8, 4) is 0 Å². The number of aliphatic hydroxyl groups excluding tert-OH is 1. The number of piperidine rings is 1. The number of amides is 1. The van der Waals surface area contributed by atoms with Crippen LogP contribution in [0.25, 0.3) is 0 Å². The van der Waals surface area contributed by atoms with E-state index in [2.05, 4.69) is 5.32 Å². The summed E-state index contributed by atoms with van der Waals surface area (Å²) in [4.78, 5) is 23.6. The molecule has 0 spiro atoms. The molecule has 1 atom stereocenters.